The Bertz CT molecular complexity index is 548. The molecule has 2 aliphatic heterocycles. The van der Waals surface area contributed by atoms with Gasteiger partial charge in [0, 0.05) is 31.2 Å². The molecule has 0 aromatic heterocycles. The van der Waals surface area contributed by atoms with E-state index in [9.17, 15) is 0 Å². The van der Waals surface area contributed by atoms with Gasteiger partial charge in [-0.3, -0.25) is 9.80 Å². The lowest BCUT2D eigenvalue weighted by Gasteiger charge is -2.43. The molecule has 1 aromatic rings. The largest absolute Gasteiger partial charge is 0.493 e. The van der Waals surface area contributed by atoms with Crippen LogP contribution in [0, 0.1) is 0 Å². The maximum atomic E-state index is 5.88. The third-order valence-corrected chi connectivity index (χ3v) is 5.40. The summed E-state index contributed by atoms with van der Waals surface area (Å²) in [6, 6.07) is 6.82. The van der Waals surface area contributed by atoms with Crippen molar-refractivity contribution in [3.8, 4) is 11.5 Å². The zero-order valence-corrected chi connectivity index (χ0v) is 16.0. The molecular formula is C20H32N2O3. The highest BCUT2D eigenvalue weighted by Gasteiger charge is 2.30. The van der Waals surface area contributed by atoms with Gasteiger partial charge in [-0.15, -0.1) is 0 Å². The summed E-state index contributed by atoms with van der Waals surface area (Å²) >= 11 is 0. The first-order chi connectivity index (χ1) is 12.1. The summed E-state index contributed by atoms with van der Waals surface area (Å²) in [5, 5.41) is 0. The molecule has 0 saturated carbocycles. The number of nitrogens with zero attached hydrogens (tertiary/aromatic N) is 2. The van der Waals surface area contributed by atoms with Gasteiger partial charge in [-0.2, -0.15) is 0 Å². The fraction of sp³-hybridized carbons (Fsp3) is 0.700. The predicted octanol–water partition coefficient (Wildman–Crippen LogP) is 2.78. The number of benzene rings is 1. The van der Waals surface area contributed by atoms with E-state index in [-0.39, 0.29) is 0 Å². The van der Waals surface area contributed by atoms with Crippen LogP contribution in [0.15, 0.2) is 18.2 Å². The van der Waals surface area contributed by atoms with Crippen molar-refractivity contribution in [2.75, 3.05) is 40.4 Å². The van der Waals surface area contributed by atoms with Gasteiger partial charge < -0.3 is 14.2 Å². The molecule has 0 N–H and O–H groups in total. The monoisotopic (exact) mass is 348 g/mol. The quantitative estimate of drug-likeness (QED) is 0.817. The van der Waals surface area contributed by atoms with E-state index >= 15 is 0 Å². The van der Waals surface area contributed by atoms with Gasteiger partial charge in [-0.1, -0.05) is 12.1 Å². The Balaban J connectivity index is 1.56. The summed E-state index contributed by atoms with van der Waals surface area (Å²) in [6.45, 7) is 9.69. The number of methoxy groups -OCH3 is 2. The molecule has 2 heterocycles. The molecule has 25 heavy (non-hydrogen) atoms. The molecule has 2 atom stereocenters. The van der Waals surface area contributed by atoms with Crippen LogP contribution < -0.4 is 9.47 Å². The van der Waals surface area contributed by atoms with Crippen molar-refractivity contribution in [2.45, 2.75) is 51.5 Å². The van der Waals surface area contributed by atoms with E-state index in [0.29, 0.717) is 18.2 Å². The summed E-state index contributed by atoms with van der Waals surface area (Å²) in [5.41, 5.74) is 1.20. The molecule has 2 aliphatic rings. The highest BCUT2D eigenvalue weighted by Crippen LogP contribution is 2.32. The third-order valence-electron chi connectivity index (χ3n) is 5.40. The van der Waals surface area contributed by atoms with Gasteiger partial charge in [0.1, 0.15) is 0 Å². The third kappa shape index (κ3) is 4.46. The van der Waals surface area contributed by atoms with Crippen molar-refractivity contribution < 1.29 is 14.2 Å². The van der Waals surface area contributed by atoms with E-state index in [4.69, 9.17) is 14.2 Å². The zero-order chi connectivity index (χ0) is 17.8. The van der Waals surface area contributed by atoms with Gasteiger partial charge in [-0.25, -0.2) is 0 Å². The van der Waals surface area contributed by atoms with Crippen molar-refractivity contribution in [1.82, 2.24) is 9.80 Å². The van der Waals surface area contributed by atoms with E-state index in [2.05, 4.69) is 29.7 Å². The number of ether oxygens (including phenoxy) is 3. The van der Waals surface area contributed by atoms with Crippen LogP contribution in [0.25, 0.3) is 0 Å². The number of piperidine rings is 1. The van der Waals surface area contributed by atoms with Crippen LogP contribution in [-0.4, -0.2) is 68.4 Å². The first kappa shape index (κ1) is 18.5. The number of hydrogen-bond acceptors (Lipinski definition) is 5. The van der Waals surface area contributed by atoms with Crippen molar-refractivity contribution in [2.24, 2.45) is 0 Å². The Morgan fingerprint density at radius 1 is 1.04 bits per heavy atom. The van der Waals surface area contributed by atoms with Crippen LogP contribution in [0.5, 0.6) is 11.5 Å². The molecule has 2 saturated heterocycles. The van der Waals surface area contributed by atoms with Gasteiger partial charge in [0.2, 0.25) is 0 Å². The summed E-state index contributed by atoms with van der Waals surface area (Å²) in [6.07, 6.45) is 3.16. The number of likely N-dealkylation sites (tertiary alicyclic amines) is 1. The fourth-order valence-electron chi connectivity index (χ4n) is 4.28. The lowest BCUT2D eigenvalue weighted by Crippen LogP contribution is -2.53. The molecule has 140 valence electrons. The van der Waals surface area contributed by atoms with Gasteiger partial charge in [0.05, 0.1) is 26.4 Å². The molecule has 5 heteroatoms. The first-order valence-corrected chi connectivity index (χ1v) is 9.42. The van der Waals surface area contributed by atoms with Crippen molar-refractivity contribution in [3.63, 3.8) is 0 Å². The minimum atomic E-state index is 0.350. The number of hydrogen-bond donors (Lipinski definition) is 0. The summed E-state index contributed by atoms with van der Waals surface area (Å²) < 4.78 is 16.9. The Hall–Kier alpha value is -1.30. The van der Waals surface area contributed by atoms with Crippen LogP contribution in [0.4, 0.5) is 0 Å². The molecule has 3 rings (SSSR count). The lowest BCUT2D eigenvalue weighted by atomic mass is 10.0. The fourth-order valence-corrected chi connectivity index (χ4v) is 4.28. The zero-order valence-electron chi connectivity index (χ0n) is 16.0. The number of morpholine rings is 1. The van der Waals surface area contributed by atoms with E-state index in [1.807, 2.05) is 12.1 Å². The first-order valence-electron chi connectivity index (χ1n) is 9.42. The molecule has 5 nitrogen and oxygen atoms in total. The Morgan fingerprint density at radius 3 is 2.32 bits per heavy atom. The molecular weight excluding hydrogens is 316 g/mol. The second kappa shape index (κ2) is 8.39. The standard InChI is InChI=1S/C20H32N2O3/c1-15-12-22(13-16(2)25-15)18-8-10-21(11-9-18)14-17-6-5-7-19(23-3)20(17)24-4/h5-7,15-16,18H,8-14H2,1-4H3/t15-,16+. The van der Waals surface area contributed by atoms with Crippen LogP contribution in [-0.2, 0) is 11.3 Å². The lowest BCUT2D eigenvalue weighted by molar-refractivity contribution is -0.0865. The maximum Gasteiger partial charge on any atom is 0.165 e. The summed E-state index contributed by atoms with van der Waals surface area (Å²) in [5.74, 6) is 1.68. The SMILES string of the molecule is COc1cccc(CN2CCC(N3C[C@@H](C)O[C@@H](C)C3)CC2)c1OC. The minimum Gasteiger partial charge on any atom is -0.493 e. The van der Waals surface area contributed by atoms with Crippen LogP contribution >= 0.6 is 0 Å². The number of para-hydroxylation sites is 1. The van der Waals surface area contributed by atoms with E-state index in [1.165, 1.54) is 18.4 Å². The Kier molecular flexibility index (Phi) is 6.20. The van der Waals surface area contributed by atoms with Gasteiger partial charge >= 0.3 is 0 Å². The average molecular weight is 348 g/mol. The van der Waals surface area contributed by atoms with Crippen LogP contribution in [0.2, 0.25) is 0 Å². The normalized spacial score (nSPS) is 26.6. The van der Waals surface area contributed by atoms with Crippen LogP contribution in [0.1, 0.15) is 32.3 Å². The highest BCUT2D eigenvalue weighted by atomic mass is 16.5. The molecule has 0 spiro atoms. The van der Waals surface area contributed by atoms with E-state index in [1.54, 1.807) is 14.2 Å². The average Bonchev–Trinajstić information content (AvgIpc) is 2.61. The second-order valence-corrected chi connectivity index (χ2v) is 7.37. The molecule has 1 aromatic carbocycles. The van der Waals surface area contributed by atoms with E-state index in [0.717, 1.165) is 44.2 Å². The van der Waals surface area contributed by atoms with Crippen molar-refractivity contribution in [1.29, 1.82) is 0 Å². The van der Waals surface area contributed by atoms with Gasteiger partial charge in [-0.05, 0) is 45.8 Å². The molecule has 2 fully saturated rings. The summed E-state index contributed by atoms with van der Waals surface area (Å²) in [4.78, 5) is 5.17. The van der Waals surface area contributed by atoms with Crippen molar-refractivity contribution >= 4 is 0 Å². The number of rotatable bonds is 5. The Morgan fingerprint density at radius 2 is 1.72 bits per heavy atom. The van der Waals surface area contributed by atoms with Crippen molar-refractivity contribution in [3.05, 3.63) is 23.8 Å². The molecule has 0 radical (unpaired) electrons. The second-order valence-electron chi connectivity index (χ2n) is 7.37. The minimum absolute atomic E-state index is 0.350. The smallest absolute Gasteiger partial charge is 0.165 e. The predicted molar refractivity (Wildman–Crippen MR) is 99.4 cm³/mol. The molecule has 0 bridgehead atoms. The highest BCUT2D eigenvalue weighted by molar-refractivity contribution is 5.46. The van der Waals surface area contributed by atoms with E-state index < -0.39 is 0 Å². The topological polar surface area (TPSA) is 34.2 Å². The molecule has 0 amide bonds. The van der Waals surface area contributed by atoms with Gasteiger partial charge in [0.15, 0.2) is 11.5 Å². The van der Waals surface area contributed by atoms with Crippen LogP contribution in [0.3, 0.4) is 0 Å². The molecule has 0 aliphatic carbocycles. The Labute approximate surface area is 151 Å². The van der Waals surface area contributed by atoms with Gasteiger partial charge in [0.25, 0.3) is 0 Å². The maximum absolute atomic E-state index is 5.88. The molecule has 0 unspecified atom stereocenters. The summed E-state index contributed by atoms with van der Waals surface area (Å²) in [7, 11) is 3.41.